The highest BCUT2D eigenvalue weighted by molar-refractivity contribution is 9.10. The molecule has 2 aliphatic heterocycles. The summed E-state index contributed by atoms with van der Waals surface area (Å²) in [5.74, 6) is 1.28. The number of amides is 1. The van der Waals surface area contributed by atoms with Crippen molar-refractivity contribution in [2.24, 2.45) is 0 Å². The molecule has 1 N–H and O–H groups in total. The van der Waals surface area contributed by atoms with Crippen molar-refractivity contribution < 1.29 is 14.3 Å². The number of fused-ring (bicyclic) bond motifs is 1. The Balaban J connectivity index is 1.30. The Bertz CT molecular complexity index is 1210. The van der Waals surface area contributed by atoms with E-state index in [1.807, 2.05) is 41.3 Å². The number of hydrogen-bond acceptors (Lipinski definition) is 7. The van der Waals surface area contributed by atoms with Gasteiger partial charge in [-0.2, -0.15) is 0 Å². The van der Waals surface area contributed by atoms with Crippen molar-refractivity contribution in [1.29, 1.82) is 0 Å². The summed E-state index contributed by atoms with van der Waals surface area (Å²) < 4.78 is 12.7. The molecule has 36 heavy (non-hydrogen) atoms. The molecule has 8 nitrogen and oxygen atoms in total. The molecule has 1 amide bonds. The first-order valence-electron chi connectivity index (χ1n) is 12.6. The summed E-state index contributed by atoms with van der Waals surface area (Å²) >= 11 is 3.62. The van der Waals surface area contributed by atoms with Gasteiger partial charge in [0.2, 0.25) is 5.95 Å². The van der Waals surface area contributed by atoms with Crippen molar-refractivity contribution in [3.05, 3.63) is 52.6 Å². The summed E-state index contributed by atoms with van der Waals surface area (Å²) in [6.07, 6.45) is 3.98. The fourth-order valence-electron chi connectivity index (χ4n) is 4.68. The Hall–Kier alpha value is -2.75. The zero-order chi connectivity index (χ0) is 25.1. The average Bonchev–Trinajstić information content (AvgIpc) is 2.91. The van der Waals surface area contributed by atoms with E-state index in [4.69, 9.17) is 14.5 Å². The Morgan fingerprint density at radius 3 is 2.50 bits per heavy atom. The lowest BCUT2D eigenvalue weighted by molar-refractivity contribution is 0.0303. The summed E-state index contributed by atoms with van der Waals surface area (Å²) in [5.41, 5.74) is 2.24. The number of halogens is 1. The van der Waals surface area contributed by atoms with Crippen LogP contribution in [-0.4, -0.2) is 77.2 Å². The first kappa shape index (κ1) is 24.9. The van der Waals surface area contributed by atoms with Crippen LogP contribution in [0, 0.1) is 0 Å². The van der Waals surface area contributed by atoms with Gasteiger partial charge in [-0.25, -0.2) is 9.97 Å². The number of nitrogens with one attached hydrogen (secondary N) is 1. The van der Waals surface area contributed by atoms with Crippen LogP contribution in [0.5, 0.6) is 5.75 Å². The largest absolute Gasteiger partial charge is 0.488 e. The number of carbonyl (C=O) groups excluding carboxylic acids is 1. The molecular weight excluding hydrogens is 522 g/mol. The first-order valence-corrected chi connectivity index (χ1v) is 13.4. The predicted octanol–water partition coefficient (Wildman–Crippen LogP) is 4.86. The van der Waals surface area contributed by atoms with Crippen LogP contribution in [0.3, 0.4) is 0 Å². The molecule has 3 heterocycles. The van der Waals surface area contributed by atoms with Crippen molar-refractivity contribution in [3.8, 4) is 5.75 Å². The molecular formula is C27H32BrN5O3. The van der Waals surface area contributed by atoms with E-state index in [1.54, 1.807) is 6.20 Å². The van der Waals surface area contributed by atoms with Gasteiger partial charge in [0.15, 0.2) is 0 Å². The number of nitrogens with zero attached hydrogens (tertiary/aromatic N) is 4. The van der Waals surface area contributed by atoms with E-state index < -0.39 is 0 Å². The van der Waals surface area contributed by atoms with Gasteiger partial charge in [0.05, 0.1) is 13.2 Å². The predicted molar refractivity (Wildman–Crippen MR) is 144 cm³/mol. The molecule has 9 heteroatoms. The number of likely N-dealkylation sites (tertiary alicyclic amines) is 1. The van der Waals surface area contributed by atoms with E-state index in [0.717, 1.165) is 52.7 Å². The van der Waals surface area contributed by atoms with Crippen molar-refractivity contribution >= 4 is 44.4 Å². The van der Waals surface area contributed by atoms with Gasteiger partial charge in [0, 0.05) is 59.5 Å². The molecule has 0 spiro atoms. The molecule has 1 aromatic heterocycles. The number of morpholine rings is 1. The average molecular weight is 554 g/mol. The molecule has 2 fully saturated rings. The van der Waals surface area contributed by atoms with Crippen molar-refractivity contribution in [1.82, 2.24) is 19.8 Å². The lowest BCUT2D eigenvalue weighted by Crippen LogP contribution is -2.41. The first-order chi connectivity index (χ1) is 17.5. The molecule has 0 aliphatic carbocycles. The second-order valence-electron chi connectivity index (χ2n) is 9.56. The Kier molecular flexibility index (Phi) is 7.69. The van der Waals surface area contributed by atoms with Crippen molar-refractivity contribution in [2.45, 2.75) is 38.8 Å². The molecule has 2 saturated heterocycles. The highest BCUT2D eigenvalue weighted by atomic mass is 79.9. The smallest absolute Gasteiger partial charge is 0.254 e. The number of aromatic nitrogens is 2. The van der Waals surface area contributed by atoms with Gasteiger partial charge in [-0.15, -0.1) is 0 Å². The molecule has 2 aromatic carbocycles. The molecule has 0 atom stereocenters. The van der Waals surface area contributed by atoms with Crippen LogP contribution in [0.4, 0.5) is 11.6 Å². The normalized spacial score (nSPS) is 17.5. The highest BCUT2D eigenvalue weighted by Crippen LogP contribution is 2.33. The van der Waals surface area contributed by atoms with Gasteiger partial charge in [-0.05, 0) is 63.1 Å². The summed E-state index contributed by atoms with van der Waals surface area (Å²) in [5, 5.41) is 4.17. The summed E-state index contributed by atoms with van der Waals surface area (Å²) in [6.45, 7) is 8.99. The van der Waals surface area contributed by atoms with E-state index in [9.17, 15) is 4.79 Å². The van der Waals surface area contributed by atoms with E-state index in [2.05, 4.69) is 45.0 Å². The molecule has 2 aliphatic rings. The minimum absolute atomic E-state index is 0.0256. The standard InChI is InChI=1S/C27H32BrN5O3/c1-18(2)32-11-9-21(10-12-32)36-24-8-7-23(28)22-17-29-27(31-25(22)24)30-20-5-3-19(4-6-20)26(34)33-13-15-35-16-14-33/h3-8,17-18,21H,9-16H2,1-2H3,(H,29,30,31). The third kappa shape index (κ3) is 5.63. The maximum Gasteiger partial charge on any atom is 0.254 e. The zero-order valence-corrected chi connectivity index (χ0v) is 22.3. The van der Waals surface area contributed by atoms with Crippen molar-refractivity contribution in [3.63, 3.8) is 0 Å². The lowest BCUT2D eigenvalue weighted by Gasteiger charge is -2.34. The third-order valence-corrected chi connectivity index (χ3v) is 7.54. The Morgan fingerprint density at radius 1 is 1.08 bits per heavy atom. The lowest BCUT2D eigenvalue weighted by atomic mass is 10.1. The SMILES string of the molecule is CC(C)N1CCC(Oc2ccc(Br)c3cnc(Nc4ccc(C(=O)N5CCOCC5)cc4)nc23)CC1. The number of benzene rings is 2. The van der Waals surface area contributed by atoms with E-state index in [1.165, 1.54) is 0 Å². The van der Waals surface area contributed by atoms with Gasteiger partial charge >= 0.3 is 0 Å². The van der Waals surface area contributed by atoms with Crippen LogP contribution in [0.1, 0.15) is 37.0 Å². The number of carbonyl (C=O) groups is 1. The zero-order valence-electron chi connectivity index (χ0n) is 20.7. The fourth-order valence-corrected chi connectivity index (χ4v) is 5.10. The molecule has 3 aromatic rings. The molecule has 0 radical (unpaired) electrons. The number of piperidine rings is 1. The molecule has 0 unspecified atom stereocenters. The summed E-state index contributed by atoms with van der Waals surface area (Å²) in [7, 11) is 0. The van der Waals surface area contributed by atoms with Gasteiger partial charge in [0.1, 0.15) is 17.4 Å². The Morgan fingerprint density at radius 2 is 1.81 bits per heavy atom. The molecule has 0 bridgehead atoms. The van der Waals surface area contributed by atoms with Crippen LogP contribution in [0.25, 0.3) is 10.9 Å². The minimum atomic E-state index is 0.0256. The van der Waals surface area contributed by atoms with Crippen molar-refractivity contribution in [2.75, 3.05) is 44.7 Å². The fraction of sp³-hybridized carbons (Fsp3) is 0.444. The quantitative estimate of drug-likeness (QED) is 0.466. The van der Waals surface area contributed by atoms with Crippen LogP contribution >= 0.6 is 15.9 Å². The highest BCUT2D eigenvalue weighted by Gasteiger charge is 2.23. The maximum atomic E-state index is 12.7. The van der Waals surface area contributed by atoms with Gasteiger partial charge in [-0.1, -0.05) is 15.9 Å². The third-order valence-electron chi connectivity index (χ3n) is 6.85. The monoisotopic (exact) mass is 553 g/mol. The molecule has 5 rings (SSSR count). The number of anilines is 2. The maximum absolute atomic E-state index is 12.7. The molecule has 190 valence electrons. The van der Waals surface area contributed by atoms with E-state index in [0.29, 0.717) is 43.9 Å². The second kappa shape index (κ2) is 11.1. The van der Waals surface area contributed by atoms with Gasteiger partial charge < -0.3 is 24.6 Å². The van der Waals surface area contributed by atoms with Gasteiger partial charge in [0.25, 0.3) is 5.91 Å². The molecule has 0 saturated carbocycles. The van der Waals surface area contributed by atoms with Crippen LogP contribution in [0.15, 0.2) is 47.1 Å². The van der Waals surface area contributed by atoms with E-state index >= 15 is 0 Å². The van der Waals surface area contributed by atoms with E-state index in [-0.39, 0.29) is 12.0 Å². The second-order valence-corrected chi connectivity index (χ2v) is 10.4. The topological polar surface area (TPSA) is 79.8 Å². The number of rotatable bonds is 6. The number of ether oxygens (including phenoxy) is 2. The summed E-state index contributed by atoms with van der Waals surface area (Å²) in [6, 6.07) is 11.9. The van der Waals surface area contributed by atoms with Crippen LogP contribution in [0.2, 0.25) is 0 Å². The Labute approximate surface area is 220 Å². The number of hydrogen-bond donors (Lipinski definition) is 1. The van der Waals surface area contributed by atoms with Gasteiger partial charge in [-0.3, -0.25) is 4.79 Å². The van der Waals surface area contributed by atoms with Crippen LogP contribution in [-0.2, 0) is 4.74 Å². The summed E-state index contributed by atoms with van der Waals surface area (Å²) in [4.78, 5) is 26.3. The minimum Gasteiger partial charge on any atom is -0.488 e. The van der Waals surface area contributed by atoms with Crippen LogP contribution < -0.4 is 10.1 Å².